The Bertz CT molecular complexity index is 356. The Labute approximate surface area is 109 Å². The second kappa shape index (κ2) is 6.24. The van der Waals surface area contributed by atoms with Gasteiger partial charge in [0.2, 0.25) is 0 Å². The van der Waals surface area contributed by atoms with E-state index in [-0.39, 0.29) is 6.04 Å². The van der Waals surface area contributed by atoms with Crippen molar-refractivity contribution in [1.82, 2.24) is 4.57 Å². The smallest absolute Gasteiger partial charge is 0.352 e. The van der Waals surface area contributed by atoms with Crippen LogP contribution < -0.4 is 0 Å². The summed E-state index contributed by atoms with van der Waals surface area (Å²) < 4.78 is 7.88. The van der Waals surface area contributed by atoms with Gasteiger partial charge in [0, 0.05) is 16.9 Å². The van der Waals surface area contributed by atoms with E-state index >= 15 is 0 Å². The molecule has 0 spiro atoms. The lowest BCUT2D eigenvalue weighted by atomic mass is 10.1. The van der Waals surface area contributed by atoms with Crippen LogP contribution in [0.4, 0.5) is 0 Å². The number of halogens is 1. The zero-order chi connectivity index (χ0) is 12.1. The molecule has 0 radical (unpaired) electrons. The van der Waals surface area contributed by atoms with Gasteiger partial charge in [-0.3, -0.25) is 0 Å². The van der Waals surface area contributed by atoms with Crippen molar-refractivity contribution in [2.45, 2.75) is 25.8 Å². The minimum Gasteiger partial charge on any atom is -0.477 e. The molecule has 0 saturated heterocycles. The van der Waals surface area contributed by atoms with E-state index in [1.165, 1.54) is 0 Å². The Morgan fingerprint density at radius 2 is 2.38 bits per heavy atom. The number of carbonyl (C=O) groups is 1. The third-order valence-corrected chi connectivity index (χ3v) is 3.00. The quantitative estimate of drug-likeness (QED) is 0.812. The van der Waals surface area contributed by atoms with Crippen molar-refractivity contribution in [2.75, 3.05) is 13.7 Å². The van der Waals surface area contributed by atoms with Crippen LogP contribution in [0.3, 0.4) is 0 Å². The highest BCUT2D eigenvalue weighted by Gasteiger charge is 2.18. The van der Waals surface area contributed by atoms with Crippen LogP contribution in [0.5, 0.6) is 0 Å². The molecule has 5 heteroatoms. The van der Waals surface area contributed by atoms with Crippen LogP contribution in [0, 0.1) is 3.57 Å². The summed E-state index contributed by atoms with van der Waals surface area (Å²) in [6.45, 7) is 2.62. The van der Waals surface area contributed by atoms with Gasteiger partial charge in [0.1, 0.15) is 5.69 Å². The summed E-state index contributed by atoms with van der Waals surface area (Å²) in [6, 6.07) is 1.78. The van der Waals surface area contributed by atoms with Crippen LogP contribution >= 0.6 is 22.6 Å². The van der Waals surface area contributed by atoms with Crippen LogP contribution in [0.25, 0.3) is 0 Å². The molecule has 1 rings (SSSR count). The van der Waals surface area contributed by atoms with Gasteiger partial charge in [0.25, 0.3) is 0 Å². The van der Waals surface area contributed by atoms with Gasteiger partial charge < -0.3 is 14.4 Å². The Balaban J connectivity index is 3.01. The molecule has 0 aliphatic carbocycles. The van der Waals surface area contributed by atoms with E-state index in [0.717, 1.165) is 16.4 Å². The van der Waals surface area contributed by atoms with Crippen molar-refractivity contribution in [2.24, 2.45) is 0 Å². The molecule has 1 heterocycles. The number of aromatic carboxylic acids is 1. The number of aromatic nitrogens is 1. The summed E-state index contributed by atoms with van der Waals surface area (Å²) in [6.07, 6.45) is 3.78. The number of hydrogen-bond donors (Lipinski definition) is 1. The lowest BCUT2D eigenvalue weighted by molar-refractivity contribution is 0.0675. The highest BCUT2D eigenvalue weighted by molar-refractivity contribution is 14.1. The number of hydrogen-bond acceptors (Lipinski definition) is 2. The highest BCUT2D eigenvalue weighted by atomic mass is 127. The van der Waals surface area contributed by atoms with Crippen LogP contribution in [-0.2, 0) is 4.74 Å². The second-order valence-corrected chi connectivity index (χ2v) is 4.90. The molecule has 0 amide bonds. The third kappa shape index (κ3) is 3.21. The summed E-state index contributed by atoms with van der Waals surface area (Å²) >= 11 is 2.12. The average Bonchev–Trinajstić information content (AvgIpc) is 2.60. The molecule has 1 aromatic rings. The van der Waals surface area contributed by atoms with Gasteiger partial charge in [-0.1, -0.05) is 13.3 Å². The van der Waals surface area contributed by atoms with E-state index in [1.54, 1.807) is 17.7 Å². The summed E-state index contributed by atoms with van der Waals surface area (Å²) in [7, 11) is 1.64. The third-order valence-electron chi connectivity index (χ3n) is 2.41. The first-order valence-electron chi connectivity index (χ1n) is 5.19. The number of ether oxygens (including phenoxy) is 1. The summed E-state index contributed by atoms with van der Waals surface area (Å²) in [5.41, 5.74) is 0.333. The zero-order valence-electron chi connectivity index (χ0n) is 9.44. The number of rotatable bonds is 6. The fourth-order valence-electron chi connectivity index (χ4n) is 1.75. The second-order valence-electron chi connectivity index (χ2n) is 3.65. The molecule has 0 aliphatic rings. The van der Waals surface area contributed by atoms with E-state index < -0.39 is 5.97 Å². The van der Waals surface area contributed by atoms with Crippen molar-refractivity contribution in [3.63, 3.8) is 0 Å². The van der Waals surface area contributed by atoms with Crippen LogP contribution in [0.1, 0.15) is 36.3 Å². The van der Waals surface area contributed by atoms with Gasteiger partial charge in [-0.25, -0.2) is 4.79 Å². The number of carboxylic acid groups (broad SMARTS) is 1. The number of methoxy groups -OCH3 is 1. The van der Waals surface area contributed by atoms with Crippen LogP contribution in [-0.4, -0.2) is 29.4 Å². The summed E-state index contributed by atoms with van der Waals surface area (Å²) in [5.74, 6) is -0.889. The fraction of sp³-hybridized carbons (Fsp3) is 0.545. The van der Waals surface area contributed by atoms with Crippen molar-refractivity contribution >= 4 is 28.6 Å². The van der Waals surface area contributed by atoms with Gasteiger partial charge in [0.05, 0.1) is 12.6 Å². The summed E-state index contributed by atoms with van der Waals surface area (Å²) in [4.78, 5) is 11.1. The molecule has 4 nitrogen and oxygen atoms in total. The normalized spacial score (nSPS) is 12.7. The molecule has 0 saturated carbocycles. The Morgan fingerprint density at radius 3 is 2.88 bits per heavy atom. The first kappa shape index (κ1) is 13.5. The largest absolute Gasteiger partial charge is 0.477 e. The topological polar surface area (TPSA) is 51.5 Å². The molecular weight excluding hydrogens is 321 g/mol. The molecule has 16 heavy (non-hydrogen) atoms. The standard InChI is InChI=1S/C11H16INO3/c1-3-4-9(7-16-2)13-6-8(12)5-10(13)11(14)15/h5-6,9H,3-4,7H2,1-2H3,(H,14,15). The van der Waals surface area contributed by atoms with Crippen LogP contribution in [0.15, 0.2) is 12.3 Å². The van der Waals surface area contributed by atoms with E-state index in [4.69, 9.17) is 9.84 Å². The maximum absolute atomic E-state index is 11.1. The molecule has 1 aromatic heterocycles. The minimum atomic E-state index is -0.889. The lowest BCUT2D eigenvalue weighted by Crippen LogP contribution is -2.18. The van der Waals surface area contributed by atoms with Gasteiger partial charge in [-0.15, -0.1) is 0 Å². The van der Waals surface area contributed by atoms with Crippen molar-refractivity contribution in [3.8, 4) is 0 Å². The average molecular weight is 337 g/mol. The molecule has 0 bridgehead atoms. The molecule has 0 aliphatic heterocycles. The highest BCUT2D eigenvalue weighted by Crippen LogP contribution is 2.21. The predicted molar refractivity (Wildman–Crippen MR) is 69.9 cm³/mol. The SMILES string of the molecule is CCCC(COC)n1cc(I)cc1C(=O)O. The molecule has 1 unspecified atom stereocenters. The maximum Gasteiger partial charge on any atom is 0.352 e. The Kier molecular flexibility index (Phi) is 5.27. The molecular formula is C11H16INO3. The van der Waals surface area contributed by atoms with E-state index in [1.807, 2.05) is 6.20 Å². The number of carboxylic acids is 1. The maximum atomic E-state index is 11.1. The van der Waals surface area contributed by atoms with Gasteiger partial charge in [-0.05, 0) is 35.1 Å². The minimum absolute atomic E-state index is 0.101. The van der Waals surface area contributed by atoms with Gasteiger partial charge >= 0.3 is 5.97 Å². The molecule has 0 fully saturated rings. The molecule has 1 N–H and O–H groups in total. The van der Waals surface area contributed by atoms with E-state index in [9.17, 15) is 4.79 Å². The number of nitrogens with zero attached hydrogens (tertiary/aromatic N) is 1. The first-order valence-corrected chi connectivity index (χ1v) is 6.27. The zero-order valence-corrected chi connectivity index (χ0v) is 11.6. The lowest BCUT2D eigenvalue weighted by Gasteiger charge is -2.19. The van der Waals surface area contributed by atoms with Gasteiger partial charge in [0.15, 0.2) is 0 Å². The molecule has 1 atom stereocenters. The molecule has 90 valence electrons. The Hall–Kier alpha value is -0.560. The van der Waals surface area contributed by atoms with Crippen molar-refractivity contribution in [1.29, 1.82) is 0 Å². The monoisotopic (exact) mass is 337 g/mol. The van der Waals surface area contributed by atoms with Crippen LogP contribution in [0.2, 0.25) is 0 Å². The van der Waals surface area contributed by atoms with Crippen molar-refractivity contribution in [3.05, 3.63) is 21.5 Å². The Morgan fingerprint density at radius 1 is 1.69 bits per heavy atom. The van der Waals surface area contributed by atoms with E-state index in [0.29, 0.717) is 12.3 Å². The predicted octanol–water partition coefficient (Wildman–Crippen LogP) is 2.78. The first-order chi connectivity index (χ1) is 7.60. The fourth-order valence-corrected chi connectivity index (χ4v) is 2.34. The van der Waals surface area contributed by atoms with Crippen molar-refractivity contribution < 1.29 is 14.6 Å². The van der Waals surface area contributed by atoms with E-state index in [2.05, 4.69) is 29.5 Å². The summed E-state index contributed by atoms with van der Waals surface area (Å²) in [5, 5.41) is 9.10. The molecule has 0 aromatic carbocycles. The van der Waals surface area contributed by atoms with Gasteiger partial charge in [-0.2, -0.15) is 0 Å².